The molecule has 0 radical (unpaired) electrons. The molecule has 0 aliphatic carbocycles. The summed E-state index contributed by atoms with van der Waals surface area (Å²) in [5.41, 5.74) is -1.97. The zero-order valence-corrected chi connectivity index (χ0v) is 8.14. The van der Waals surface area contributed by atoms with Crippen LogP contribution in [-0.4, -0.2) is 22.3 Å². The molecule has 0 heterocycles. The monoisotopic (exact) mass is 237 g/mol. The molecule has 1 rings (SSSR count). The molecule has 1 N–H and O–H groups in total. The quantitative estimate of drug-likeness (QED) is 0.358. The number of benzene rings is 1. The fourth-order valence-corrected chi connectivity index (χ4v) is 1.09. The van der Waals surface area contributed by atoms with Crippen molar-refractivity contribution in [1.29, 1.82) is 0 Å². The molecule has 0 spiro atoms. The van der Waals surface area contributed by atoms with Crippen LogP contribution in [0.15, 0.2) is 12.1 Å². The zero-order valence-electron chi connectivity index (χ0n) is 8.14. The minimum Gasteiger partial charge on any atom is -0.477 e. The largest absolute Gasteiger partial charge is 0.477 e. The van der Waals surface area contributed by atoms with Crippen molar-refractivity contribution in [2.45, 2.75) is 0 Å². The lowest BCUT2D eigenvalue weighted by molar-refractivity contribution is -0.385. The number of rotatable bonds is 2. The summed E-state index contributed by atoms with van der Waals surface area (Å²) >= 11 is 0. The normalized spacial score (nSPS) is 9.00. The van der Waals surface area contributed by atoms with E-state index in [1.54, 1.807) is 0 Å². The van der Waals surface area contributed by atoms with Gasteiger partial charge in [-0.25, -0.2) is 9.18 Å². The number of aldehydes is 1. The summed E-state index contributed by atoms with van der Waals surface area (Å²) in [7, 11) is 0. The van der Waals surface area contributed by atoms with E-state index in [2.05, 4.69) is 0 Å². The number of nitrogens with zero attached hydrogens (tertiary/aromatic N) is 1. The van der Waals surface area contributed by atoms with E-state index in [9.17, 15) is 24.1 Å². The van der Waals surface area contributed by atoms with Gasteiger partial charge in [-0.1, -0.05) is 5.92 Å². The number of hydrogen-bond acceptors (Lipinski definition) is 4. The van der Waals surface area contributed by atoms with Crippen molar-refractivity contribution >= 4 is 17.9 Å². The van der Waals surface area contributed by atoms with Crippen molar-refractivity contribution < 1.29 is 24.0 Å². The van der Waals surface area contributed by atoms with Gasteiger partial charge in [0.05, 0.1) is 10.5 Å². The van der Waals surface area contributed by atoms with E-state index in [1.807, 2.05) is 11.8 Å². The number of carbonyl (C=O) groups excluding carboxylic acids is 1. The molecular weight excluding hydrogens is 233 g/mol. The first-order chi connectivity index (χ1) is 7.97. The lowest BCUT2D eigenvalue weighted by atomic mass is 10.1. The van der Waals surface area contributed by atoms with Gasteiger partial charge in [-0.05, 0) is 12.0 Å². The van der Waals surface area contributed by atoms with Gasteiger partial charge in [0.1, 0.15) is 11.4 Å². The van der Waals surface area contributed by atoms with Crippen LogP contribution in [-0.2, 0) is 4.79 Å². The molecule has 1 aromatic rings. The van der Waals surface area contributed by atoms with Crippen LogP contribution in [0.5, 0.6) is 0 Å². The van der Waals surface area contributed by atoms with E-state index in [0.29, 0.717) is 12.1 Å². The molecule has 0 saturated carbocycles. The topological polar surface area (TPSA) is 97.5 Å². The minimum absolute atomic E-state index is 0.191. The molecule has 0 amide bonds. The molecule has 17 heavy (non-hydrogen) atoms. The van der Waals surface area contributed by atoms with E-state index in [4.69, 9.17) is 5.11 Å². The predicted molar refractivity (Wildman–Crippen MR) is 53.0 cm³/mol. The van der Waals surface area contributed by atoms with Crippen LogP contribution in [0.1, 0.15) is 15.9 Å². The minimum atomic E-state index is -1.62. The molecule has 0 atom stereocenters. The lowest BCUT2D eigenvalue weighted by Crippen LogP contribution is -2.04. The molecule has 0 aliphatic rings. The van der Waals surface area contributed by atoms with E-state index in [-0.39, 0.29) is 6.29 Å². The maximum atomic E-state index is 13.3. The molecule has 0 aliphatic heterocycles. The number of hydrogen-bond donors (Lipinski definition) is 1. The summed E-state index contributed by atoms with van der Waals surface area (Å²) in [5.74, 6) is 1.25. The highest BCUT2D eigenvalue weighted by Gasteiger charge is 2.22. The highest BCUT2D eigenvalue weighted by molar-refractivity contribution is 5.92. The Labute approximate surface area is 93.8 Å². The van der Waals surface area contributed by atoms with Crippen LogP contribution in [0.3, 0.4) is 0 Å². The Morgan fingerprint density at radius 3 is 2.65 bits per heavy atom. The molecule has 0 fully saturated rings. The van der Waals surface area contributed by atoms with Crippen molar-refractivity contribution in [1.82, 2.24) is 0 Å². The van der Waals surface area contributed by atoms with Crippen molar-refractivity contribution in [3.63, 3.8) is 0 Å². The first kappa shape index (κ1) is 12.3. The average Bonchev–Trinajstić information content (AvgIpc) is 2.26. The molecule has 7 heteroatoms. The number of halogens is 1. The third kappa shape index (κ3) is 2.63. The van der Waals surface area contributed by atoms with E-state index in [1.165, 1.54) is 0 Å². The van der Waals surface area contributed by atoms with Gasteiger partial charge in [0.15, 0.2) is 6.29 Å². The van der Waals surface area contributed by atoms with Crippen LogP contribution in [0.25, 0.3) is 0 Å². The second-order valence-corrected chi connectivity index (χ2v) is 2.80. The van der Waals surface area contributed by atoms with E-state index < -0.39 is 33.5 Å². The summed E-state index contributed by atoms with van der Waals surface area (Å²) in [6.45, 7) is 0. The molecule has 0 unspecified atom stereocenters. The maximum Gasteiger partial charge on any atom is 0.342 e. The predicted octanol–water partition coefficient (Wildman–Crippen LogP) is 0.982. The molecule has 0 saturated heterocycles. The number of nitro groups is 1. The smallest absolute Gasteiger partial charge is 0.342 e. The molecule has 0 bridgehead atoms. The Balaban J connectivity index is 3.50. The van der Waals surface area contributed by atoms with Gasteiger partial charge in [-0.15, -0.1) is 0 Å². The number of carboxylic acids is 1. The van der Waals surface area contributed by atoms with Crippen LogP contribution >= 0.6 is 0 Å². The molecule has 6 nitrogen and oxygen atoms in total. The second kappa shape index (κ2) is 4.85. The third-order valence-electron chi connectivity index (χ3n) is 1.78. The second-order valence-electron chi connectivity index (χ2n) is 2.80. The van der Waals surface area contributed by atoms with Crippen LogP contribution in [0.2, 0.25) is 0 Å². The zero-order chi connectivity index (χ0) is 13.0. The standard InChI is InChI=1S/C10H4FNO5/c11-8-5-7(10(14)15)9(12(16)17)4-6(8)2-1-3-13/h3-5H,(H,14,15). The van der Waals surface area contributed by atoms with Gasteiger partial charge in [0.25, 0.3) is 5.69 Å². The van der Waals surface area contributed by atoms with Crippen molar-refractivity contribution in [3.05, 3.63) is 39.2 Å². The van der Waals surface area contributed by atoms with Gasteiger partial charge < -0.3 is 5.11 Å². The number of nitro benzene ring substituents is 1. The Kier molecular flexibility index (Phi) is 3.51. The Morgan fingerprint density at radius 1 is 1.53 bits per heavy atom. The highest BCUT2D eigenvalue weighted by atomic mass is 19.1. The van der Waals surface area contributed by atoms with Crippen molar-refractivity contribution in [3.8, 4) is 11.8 Å². The summed E-state index contributed by atoms with van der Waals surface area (Å²) < 4.78 is 13.3. The molecule has 0 aromatic heterocycles. The van der Waals surface area contributed by atoms with Gasteiger partial charge in [-0.3, -0.25) is 14.9 Å². The van der Waals surface area contributed by atoms with Crippen LogP contribution in [0, 0.1) is 27.8 Å². The molecule has 1 aromatic carbocycles. The number of carbonyl (C=O) groups is 2. The van der Waals surface area contributed by atoms with Gasteiger partial charge in [0.2, 0.25) is 0 Å². The maximum absolute atomic E-state index is 13.3. The first-order valence-corrected chi connectivity index (χ1v) is 4.13. The summed E-state index contributed by atoms with van der Waals surface area (Å²) in [6, 6.07) is 1.17. The Bertz CT molecular complexity index is 570. The van der Waals surface area contributed by atoms with Gasteiger partial charge >= 0.3 is 5.97 Å². The van der Waals surface area contributed by atoms with E-state index >= 15 is 0 Å². The molecule has 86 valence electrons. The number of carboxylic acid groups (broad SMARTS) is 1. The fourth-order valence-electron chi connectivity index (χ4n) is 1.09. The van der Waals surface area contributed by atoms with Gasteiger partial charge in [-0.2, -0.15) is 0 Å². The number of aromatic carboxylic acids is 1. The highest BCUT2D eigenvalue weighted by Crippen LogP contribution is 2.22. The summed E-state index contributed by atoms with van der Waals surface area (Å²) in [5, 5.41) is 19.2. The summed E-state index contributed by atoms with van der Waals surface area (Å²) in [4.78, 5) is 30.2. The van der Waals surface area contributed by atoms with Crippen molar-refractivity contribution in [2.24, 2.45) is 0 Å². The third-order valence-corrected chi connectivity index (χ3v) is 1.78. The Morgan fingerprint density at radius 2 is 2.18 bits per heavy atom. The van der Waals surface area contributed by atoms with Crippen molar-refractivity contribution in [2.75, 3.05) is 0 Å². The van der Waals surface area contributed by atoms with Crippen LogP contribution in [0.4, 0.5) is 10.1 Å². The average molecular weight is 237 g/mol. The van der Waals surface area contributed by atoms with Crippen LogP contribution < -0.4 is 0 Å². The lowest BCUT2D eigenvalue weighted by Gasteiger charge is -2.00. The molecular formula is C10H4FNO5. The summed E-state index contributed by atoms with van der Waals surface area (Å²) in [6.07, 6.45) is 0.191. The SMILES string of the molecule is O=CC#Cc1cc([N+](=O)[O-])c(C(=O)O)cc1F. The fraction of sp³-hybridized carbons (Fsp3) is 0. The Hall–Kier alpha value is -2.75. The van der Waals surface area contributed by atoms with Gasteiger partial charge in [0, 0.05) is 6.07 Å². The first-order valence-electron chi connectivity index (χ1n) is 4.13. The van der Waals surface area contributed by atoms with E-state index in [0.717, 1.165) is 0 Å².